The second-order valence-corrected chi connectivity index (χ2v) is 8.61. The Balaban J connectivity index is 1.67. The fourth-order valence-corrected chi connectivity index (χ4v) is 5.00. The molecule has 0 aromatic heterocycles. The number of hydrazine groups is 1. The van der Waals surface area contributed by atoms with Crippen LogP contribution >= 0.6 is 15.9 Å². The third kappa shape index (κ3) is 3.98. The number of carbonyl (C=O) groups is 1. The Morgan fingerprint density at radius 3 is 2.32 bits per heavy atom. The molecule has 9 heteroatoms. The first-order chi connectivity index (χ1) is 15.0. The lowest BCUT2D eigenvalue weighted by Crippen LogP contribution is -2.53. The van der Waals surface area contributed by atoms with Crippen molar-refractivity contribution in [3.05, 3.63) is 52.0 Å². The van der Waals surface area contributed by atoms with Crippen LogP contribution in [0.1, 0.15) is 29.6 Å². The smallest absolute Gasteiger partial charge is 0.307 e. The third-order valence-electron chi connectivity index (χ3n) is 6.16. The molecule has 0 aliphatic carbocycles. The number of aliphatic carboxylic acids is 1. The van der Waals surface area contributed by atoms with Gasteiger partial charge in [-0.15, -0.1) is 0 Å². The topological polar surface area (TPSA) is 101 Å². The molecular formula is C22H26BrN3O5. The van der Waals surface area contributed by atoms with E-state index in [0.717, 1.165) is 15.6 Å². The average Bonchev–Trinajstić information content (AvgIpc) is 3.21. The van der Waals surface area contributed by atoms with E-state index in [0.29, 0.717) is 23.7 Å². The molecule has 2 aromatic carbocycles. The van der Waals surface area contributed by atoms with Crippen LogP contribution in [-0.2, 0) is 4.79 Å². The van der Waals surface area contributed by atoms with Crippen molar-refractivity contribution in [1.29, 1.82) is 0 Å². The van der Waals surface area contributed by atoms with E-state index in [1.165, 1.54) is 0 Å². The van der Waals surface area contributed by atoms with Crippen molar-refractivity contribution in [2.75, 3.05) is 21.3 Å². The van der Waals surface area contributed by atoms with E-state index >= 15 is 0 Å². The number of benzene rings is 2. The first-order valence-electron chi connectivity index (χ1n) is 10.0. The maximum absolute atomic E-state index is 12.3. The van der Waals surface area contributed by atoms with E-state index in [-0.39, 0.29) is 24.2 Å². The number of carboxylic acid groups (broad SMARTS) is 1. The molecule has 31 heavy (non-hydrogen) atoms. The van der Waals surface area contributed by atoms with E-state index < -0.39 is 11.9 Å². The van der Waals surface area contributed by atoms with E-state index in [2.05, 4.69) is 32.1 Å². The molecule has 2 saturated heterocycles. The van der Waals surface area contributed by atoms with Crippen LogP contribution in [0.5, 0.6) is 17.2 Å². The summed E-state index contributed by atoms with van der Waals surface area (Å²) in [7, 11) is 4.69. The van der Waals surface area contributed by atoms with Crippen LogP contribution in [0.2, 0.25) is 0 Å². The summed E-state index contributed by atoms with van der Waals surface area (Å²) in [6, 6.07) is 11.3. The Hall–Kier alpha value is -2.33. The summed E-state index contributed by atoms with van der Waals surface area (Å²) in [6.45, 7) is 0. The molecule has 0 bridgehead atoms. The molecule has 0 spiro atoms. The summed E-state index contributed by atoms with van der Waals surface area (Å²) < 4.78 is 17.5. The zero-order valence-corrected chi connectivity index (χ0v) is 19.1. The lowest BCUT2D eigenvalue weighted by Gasteiger charge is -2.39. The molecule has 166 valence electrons. The average molecular weight is 492 g/mol. The number of piperidine rings is 1. The summed E-state index contributed by atoms with van der Waals surface area (Å²) >= 11 is 3.45. The van der Waals surface area contributed by atoms with E-state index in [1.54, 1.807) is 21.3 Å². The van der Waals surface area contributed by atoms with Gasteiger partial charge in [0.05, 0.1) is 39.5 Å². The highest BCUT2D eigenvalue weighted by Gasteiger charge is 2.49. The number of hydrogen-bond donors (Lipinski definition) is 4. The maximum atomic E-state index is 12.3. The quantitative estimate of drug-likeness (QED) is 0.489. The Bertz CT molecular complexity index is 955. The summed E-state index contributed by atoms with van der Waals surface area (Å²) in [5.74, 6) is 0.0447. The number of ether oxygens (including phenoxy) is 3. The lowest BCUT2D eigenvalue weighted by molar-refractivity contribution is -0.146. The van der Waals surface area contributed by atoms with Gasteiger partial charge in [-0.2, -0.15) is 0 Å². The normalized spacial score (nSPS) is 27.4. The molecule has 0 amide bonds. The van der Waals surface area contributed by atoms with Gasteiger partial charge in [0.25, 0.3) is 0 Å². The van der Waals surface area contributed by atoms with E-state index in [4.69, 9.17) is 14.2 Å². The van der Waals surface area contributed by atoms with Gasteiger partial charge in [0.2, 0.25) is 5.75 Å². The van der Waals surface area contributed by atoms with Crippen LogP contribution in [0, 0.1) is 11.8 Å². The molecule has 4 rings (SSSR count). The van der Waals surface area contributed by atoms with Crippen molar-refractivity contribution < 1.29 is 24.1 Å². The number of methoxy groups -OCH3 is 3. The van der Waals surface area contributed by atoms with Gasteiger partial charge in [-0.3, -0.25) is 10.1 Å². The third-order valence-corrected chi connectivity index (χ3v) is 6.68. The molecule has 2 aromatic rings. The number of hydrogen-bond acceptors (Lipinski definition) is 7. The zero-order chi connectivity index (χ0) is 22.1. The Morgan fingerprint density at radius 1 is 1.00 bits per heavy atom. The van der Waals surface area contributed by atoms with Crippen molar-refractivity contribution in [3.8, 4) is 17.2 Å². The lowest BCUT2D eigenvalue weighted by atomic mass is 9.74. The molecule has 0 radical (unpaired) electrons. The minimum Gasteiger partial charge on any atom is -0.493 e. The zero-order valence-electron chi connectivity index (χ0n) is 17.5. The summed E-state index contributed by atoms with van der Waals surface area (Å²) in [6.07, 6.45) is 0.185. The maximum Gasteiger partial charge on any atom is 0.307 e. The summed E-state index contributed by atoms with van der Waals surface area (Å²) in [5, 5.41) is 13.7. The van der Waals surface area contributed by atoms with Gasteiger partial charge < -0.3 is 19.3 Å². The van der Waals surface area contributed by atoms with Gasteiger partial charge in [0.15, 0.2) is 11.5 Å². The monoisotopic (exact) mass is 491 g/mol. The first kappa shape index (κ1) is 21.9. The fourth-order valence-electron chi connectivity index (χ4n) is 4.73. The van der Waals surface area contributed by atoms with E-state index in [9.17, 15) is 9.90 Å². The molecular weight excluding hydrogens is 466 g/mol. The van der Waals surface area contributed by atoms with Gasteiger partial charge in [-0.1, -0.05) is 28.1 Å². The molecule has 5 unspecified atom stereocenters. The van der Waals surface area contributed by atoms with E-state index in [1.807, 2.05) is 36.4 Å². The van der Waals surface area contributed by atoms with Crippen LogP contribution < -0.4 is 30.4 Å². The molecule has 2 aliphatic heterocycles. The van der Waals surface area contributed by atoms with Crippen LogP contribution in [0.4, 0.5) is 0 Å². The van der Waals surface area contributed by atoms with Crippen molar-refractivity contribution >= 4 is 21.9 Å². The molecule has 8 nitrogen and oxygen atoms in total. The van der Waals surface area contributed by atoms with Crippen LogP contribution in [0.3, 0.4) is 0 Å². The van der Waals surface area contributed by atoms with Crippen molar-refractivity contribution in [2.24, 2.45) is 11.8 Å². The minimum atomic E-state index is -0.812. The van der Waals surface area contributed by atoms with Crippen molar-refractivity contribution in [2.45, 2.75) is 24.7 Å². The highest BCUT2D eigenvalue weighted by molar-refractivity contribution is 9.10. The molecule has 2 fully saturated rings. The molecule has 2 heterocycles. The highest BCUT2D eigenvalue weighted by atomic mass is 79.9. The summed E-state index contributed by atoms with van der Waals surface area (Å²) in [4.78, 5) is 12.3. The second kappa shape index (κ2) is 9.04. The van der Waals surface area contributed by atoms with Gasteiger partial charge in [-0.05, 0) is 36.2 Å². The van der Waals surface area contributed by atoms with Gasteiger partial charge in [0.1, 0.15) is 0 Å². The highest BCUT2D eigenvalue weighted by Crippen LogP contribution is 2.47. The number of fused-ring (bicyclic) bond motifs is 1. The Morgan fingerprint density at radius 2 is 1.71 bits per heavy atom. The SMILES string of the molecule is COc1ccc(C2CC(C(=O)O)C3C(NNC3c3ccc(Br)cc3)N2)c(OC)c1OC. The Kier molecular flexibility index (Phi) is 6.38. The number of rotatable bonds is 6. The second-order valence-electron chi connectivity index (χ2n) is 7.70. The number of halogens is 1. The predicted molar refractivity (Wildman–Crippen MR) is 118 cm³/mol. The minimum absolute atomic E-state index is 0.125. The molecule has 4 N–H and O–H groups in total. The van der Waals surface area contributed by atoms with Crippen LogP contribution in [-0.4, -0.2) is 38.6 Å². The summed E-state index contributed by atoms with van der Waals surface area (Å²) in [5.41, 5.74) is 8.43. The Labute approximate surface area is 189 Å². The van der Waals surface area contributed by atoms with Gasteiger partial charge in [0, 0.05) is 22.0 Å². The van der Waals surface area contributed by atoms with Crippen molar-refractivity contribution in [1.82, 2.24) is 16.2 Å². The fraction of sp³-hybridized carbons (Fsp3) is 0.409. The first-order valence-corrected chi connectivity index (χ1v) is 10.8. The molecule has 0 saturated carbocycles. The molecule has 2 aliphatic rings. The molecule has 5 atom stereocenters. The predicted octanol–water partition coefficient (Wildman–Crippen LogP) is 3.00. The largest absolute Gasteiger partial charge is 0.493 e. The van der Waals surface area contributed by atoms with Crippen LogP contribution in [0.15, 0.2) is 40.9 Å². The number of nitrogens with one attached hydrogen (secondary N) is 3. The van der Waals surface area contributed by atoms with Crippen LogP contribution in [0.25, 0.3) is 0 Å². The standard InChI is InChI=1S/C22H26BrN3O5/c1-29-16-9-8-13(19(30-2)20(16)31-3)15-10-14(22(27)28)17-18(25-26-21(17)24-15)11-4-6-12(23)7-5-11/h4-9,14-15,17-18,21,24-26H,10H2,1-3H3,(H,27,28). The van der Waals surface area contributed by atoms with Gasteiger partial charge in [-0.25, -0.2) is 10.9 Å². The number of carboxylic acids is 1. The van der Waals surface area contributed by atoms with Gasteiger partial charge >= 0.3 is 5.97 Å². The van der Waals surface area contributed by atoms with Crippen molar-refractivity contribution in [3.63, 3.8) is 0 Å².